The van der Waals surface area contributed by atoms with Gasteiger partial charge in [-0.25, -0.2) is 9.78 Å². The van der Waals surface area contributed by atoms with Crippen LogP contribution in [-0.4, -0.2) is 54.5 Å². The van der Waals surface area contributed by atoms with Gasteiger partial charge in [-0.1, -0.05) is 0 Å². The Morgan fingerprint density at radius 1 is 1.41 bits per heavy atom. The highest BCUT2D eigenvalue weighted by atomic mass is 16.5. The third kappa shape index (κ3) is 3.71. The van der Waals surface area contributed by atoms with Crippen LogP contribution in [0.25, 0.3) is 0 Å². The van der Waals surface area contributed by atoms with Crippen molar-refractivity contribution in [2.45, 2.75) is 0 Å². The number of esters is 1. The molecule has 1 aromatic heterocycles. The molecule has 1 N–H and O–H groups in total. The normalized spacial score (nSPS) is 9.59. The molecular weight excluding hydrogens is 224 g/mol. The van der Waals surface area contributed by atoms with Gasteiger partial charge in [0.25, 0.3) is 0 Å². The van der Waals surface area contributed by atoms with Gasteiger partial charge in [-0.05, 0) is 0 Å². The summed E-state index contributed by atoms with van der Waals surface area (Å²) in [4.78, 5) is 31.7. The third-order valence-corrected chi connectivity index (χ3v) is 1.95. The fourth-order valence-electron chi connectivity index (χ4n) is 0.978. The van der Waals surface area contributed by atoms with Crippen molar-refractivity contribution in [2.24, 2.45) is 0 Å². The van der Waals surface area contributed by atoms with E-state index in [0.29, 0.717) is 5.82 Å². The minimum absolute atomic E-state index is 0.0896. The maximum atomic E-state index is 11.3. The SMILES string of the molecule is COC(=O)c1cncc(NCC(=O)N(C)C)n1. The van der Waals surface area contributed by atoms with Crippen LogP contribution < -0.4 is 5.32 Å². The molecule has 0 saturated carbocycles. The second-order valence-electron chi connectivity index (χ2n) is 3.42. The lowest BCUT2D eigenvalue weighted by Crippen LogP contribution is -2.29. The number of likely N-dealkylation sites (N-methyl/N-ethyl adjacent to an activating group) is 1. The molecule has 0 unspecified atom stereocenters. The number of rotatable bonds is 4. The summed E-state index contributed by atoms with van der Waals surface area (Å²) in [5.74, 6) is -0.321. The molecule has 1 amide bonds. The van der Waals surface area contributed by atoms with Crippen molar-refractivity contribution in [3.05, 3.63) is 18.1 Å². The van der Waals surface area contributed by atoms with Gasteiger partial charge < -0.3 is 15.0 Å². The minimum Gasteiger partial charge on any atom is -0.464 e. The Labute approximate surface area is 98.8 Å². The molecule has 0 aliphatic carbocycles. The highest BCUT2D eigenvalue weighted by Gasteiger charge is 2.09. The van der Waals surface area contributed by atoms with Gasteiger partial charge in [-0.15, -0.1) is 0 Å². The maximum absolute atomic E-state index is 11.3. The number of methoxy groups -OCH3 is 1. The summed E-state index contributed by atoms with van der Waals surface area (Å²) in [6, 6.07) is 0. The molecular formula is C10H14N4O3. The van der Waals surface area contributed by atoms with Crippen molar-refractivity contribution < 1.29 is 14.3 Å². The number of aromatic nitrogens is 2. The zero-order chi connectivity index (χ0) is 12.8. The van der Waals surface area contributed by atoms with Crippen LogP contribution in [0.5, 0.6) is 0 Å². The van der Waals surface area contributed by atoms with Crippen LogP contribution in [0.1, 0.15) is 10.5 Å². The number of amides is 1. The average Bonchev–Trinajstić information content (AvgIpc) is 2.35. The highest BCUT2D eigenvalue weighted by Crippen LogP contribution is 2.02. The molecule has 0 bridgehead atoms. The van der Waals surface area contributed by atoms with Gasteiger partial charge in [0.15, 0.2) is 5.69 Å². The number of hydrogen-bond acceptors (Lipinski definition) is 6. The number of ether oxygens (including phenoxy) is 1. The molecule has 0 fully saturated rings. The lowest BCUT2D eigenvalue weighted by molar-refractivity contribution is -0.126. The number of carbonyl (C=O) groups is 2. The Morgan fingerprint density at radius 3 is 2.71 bits per heavy atom. The van der Waals surface area contributed by atoms with Crippen molar-refractivity contribution in [3.63, 3.8) is 0 Å². The molecule has 0 radical (unpaired) electrons. The quantitative estimate of drug-likeness (QED) is 0.729. The summed E-state index contributed by atoms with van der Waals surface area (Å²) in [6.45, 7) is 0.0896. The van der Waals surface area contributed by atoms with Gasteiger partial charge in [0.2, 0.25) is 5.91 Å². The zero-order valence-corrected chi connectivity index (χ0v) is 9.93. The van der Waals surface area contributed by atoms with Crippen LogP contribution >= 0.6 is 0 Å². The van der Waals surface area contributed by atoms with Crippen molar-refractivity contribution in [1.29, 1.82) is 0 Å². The van der Waals surface area contributed by atoms with Gasteiger partial charge in [-0.3, -0.25) is 9.78 Å². The molecule has 0 spiro atoms. The topological polar surface area (TPSA) is 84.4 Å². The summed E-state index contributed by atoms with van der Waals surface area (Å²) in [6.07, 6.45) is 2.72. The fourth-order valence-corrected chi connectivity index (χ4v) is 0.978. The molecule has 0 aromatic carbocycles. The maximum Gasteiger partial charge on any atom is 0.358 e. The third-order valence-electron chi connectivity index (χ3n) is 1.95. The molecule has 0 aliphatic rings. The summed E-state index contributed by atoms with van der Waals surface area (Å²) >= 11 is 0. The van der Waals surface area contributed by atoms with Crippen LogP contribution in [0.3, 0.4) is 0 Å². The van der Waals surface area contributed by atoms with Crippen LogP contribution in [0.4, 0.5) is 5.82 Å². The van der Waals surface area contributed by atoms with E-state index in [-0.39, 0.29) is 18.1 Å². The number of nitrogens with one attached hydrogen (secondary N) is 1. The standard InChI is InChI=1S/C10H14N4O3/c1-14(2)9(15)6-12-8-5-11-4-7(13-8)10(16)17-3/h4-5H,6H2,1-3H3,(H,12,13). The molecule has 0 saturated heterocycles. The average molecular weight is 238 g/mol. The van der Waals surface area contributed by atoms with Crippen LogP contribution in [0, 0.1) is 0 Å². The first-order valence-corrected chi connectivity index (χ1v) is 4.89. The van der Waals surface area contributed by atoms with E-state index in [0.717, 1.165) is 0 Å². The van der Waals surface area contributed by atoms with Crippen LogP contribution in [0.2, 0.25) is 0 Å². The first-order valence-electron chi connectivity index (χ1n) is 4.89. The van der Waals surface area contributed by atoms with Gasteiger partial charge >= 0.3 is 5.97 Å². The van der Waals surface area contributed by atoms with E-state index >= 15 is 0 Å². The number of hydrogen-bond donors (Lipinski definition) is 1. The Hall–Kier alpha value is -2.18. The van der Waals surface area contributed by atoms with E-state index in [2.05, 4.69) is 20.0 Å². The lowest BCUT2D eigenvalue weighted by atomic mass is 10.4. The molecule has 1 aromatic rings. The van der Waals surface area contributed by atoms with Gasteiger partial charge in [-0.2, -0.15) is 0 Å². The van der Waals surface area contributed by atoms with Crippen LogP contribution in [0.15, 0.2) is 12.4 Å². The van der Waals surface area contributed by atoms with Crippen molar-refractivity contribution in [3.8, 4) is 0 Å². The molecule has 17 heavy (non-hydrogen) atoms. The van der Waals surface area contributed by atoms with E-state index in [1.54, 1.807) is 14.1 Å². The number of nitrogens with zero attached hydrogens (tertiary/aromatic N) is 3. The first-order chi connectivity index (χ1) is 8.04. The van der Waals surface area contributed by atoms with E-state index in [4.69, 9.17) is 0 Å². The largest absolute Gasteiger partial charge is 0.464 e. The molecule has 0 aliphatic heterocycles. The monoisotopic (exact) mass is 238 g/mol. The highest BCUT2D eigenvalue weighted by molar-refractivity contribution is 5.87. The van der Waals surface area contributed by atoms with Crippen molar-refractivity contribution in [2.75, 3.05) is 33.1 Å². The second-order valence-corrected chi connectivity index (χ2v) is 3.42. The van der Waals surface area contributed by atoms with E-state index in [1.165, 1.54) is 24.4 Å². The lowest BCUT2D eigenvalue weighted by Gasteiger charge is -2.11. The van der Waals surface area contributed by atoms with Crippen molar-refractivity contribution >= 4 is 17.7 Å². The Morgan fingerprint density at radius 2 is 2.12 bits per heavy atom. The van der Waals surface area contributed by atoms with E-state index in [9.17, 15) is 9.59 Å². The second kappa shape index (κ2) is 5.78. The molecule has 1 heterocycles. The summed E-state index contributed by atoms with van der Waals surface area (Å²) in [5.41, 5.74) is 0.0924. The van der Waals surface area contributed by atoms with E-state index in [1.807, 2.05) is 0 Å². The predicted octanol–water partition coefficient (Wildman–Crippen LogP) is -0.237. The molecule has 1 rings (SSSR count). The molecule has 7 nitrogen and oxygen atoms in total. The minimum atomic E-state index is -0.569. The number of anilines is 1. The van der Waals surface area contributed by atoms with Crippen LogP contribution in [-0.2, 0) is 9.53 Å². The summed E-state index contributed by atoms with van der Waals surface area (Å²) in [5, 5.41) is 2.77. The van der Waals surface area contributed by atoms with Gasteiger partial charge in [0.05, 0.1) is 26.0 Å². The Bertz CT molecular complexity index is 420. The van der Waals surface area contributed by atoms with Crippen molar-refractivity contribution in [1.82, 2.24) is 14.9 Å². The Kier molecular flexibility index (Phi) is 4.38. The molecule has 92 valence electrons. The fraction of sp³-hybridized carbons (Fsp3) is 0.400. The molecule has 7 heteroatoms. The van der Waals surface area contributed by atoms with E-state index < -0.39 is 5.97 Å². The number of carbonyl (C=O) groups excluding carboxylic acids is 2. The van der Waals surface area contributed by atoms with Gasteiger partial charge in [0.1, 0.15) is 5.82 Å². The van der Waals surface area contributed by atoms with Gasteiger partial charge in [0, 0.05) is 14.1 Å². The summed E-state index contributed by atoms with van der Waals surface area (Å²) in [7, 11) is 4.57. The predicted molar refractivity (Wildman–Crippen MR) is 60.6 cm³/mol. The first kappa shape index (κ1) is 12.9. The Balaban J connectivity index is 2.66. The zero-order valence-electron chi connectivity index (χ0n) is 9.93. The summed E-state index contributed by atoms with van der Waals surface area (Å²) < 4.78 is 4.51. The molecule has 0 atom stereocenters. The smallest absolute Gasteiger partial charge is 0.358 e.